The van der Waals surface area contributed by atoms with Crippen molar-refractivity contribution in [2.75, 3.05) is 24.2 Å². The number of anilines is 1. The molecule has 2 rings (SSSR count). The fraction of sp³-hybridized carbons (Fsp3) is 0.481. The molecular weight excluding hydrogens is 514 g/mol. The topological polar surface area (TPSA) is 96.0 Å². The Kier molecular flexibility index (Phi) is 11.7. The molecule has 0 aliphatic carbocycles. The summed E-state index contributed by atoms with van der Waals surface area (Å²) in [7, 11) is -2.08. The van der Waals surface area contributed by atoms with Gasteiger partial charge in [0.25, 0.3) is 0 Å². The Labute approximate surface area is 226 Å². The standard InChI is InChI=1S/C27H38ClN3O5S/c1-6-20(3)29-27(33)25(7-2)30(19-21-12-8-9-15-24(21)28)26(32)16-11-17-31(37(5,34)35)22-13-10-14-23(18-22)36-4/h8-10,12-15,18,20,25H,6-7,11,16-17,19H2,1-5H3,(H,29,33)/t20-,25+/m1/s1. The molecule has 0 aromatic heterocycles. The first-order chi connectivity index (χ1) is 17.5. The van der Waals surface area contributed by atoms with Crippen LogP contribution in [0.3, 0.4) is 0 Å². The van der Waals surface area contributed by atoms with E-state index in [0.29, 0.717) is 22.9 Å². The molecular formula is C27H38ClN3O5S. The molecule has 0 heterocycles. The highest BCUT2D eigenvalue weighted by Crippen LogP contribution is 2.24. The number of hydrogen-bond acceptors (Lipinski definition) is 5. The Balaban J connectivity index is 2.24. The molecule has 0 aliphatic rings. The van der Waals surface area contributed by atoms with Gasteiger partial charge in [0.15, 0.2) is 0 Å². The van der Waals surface area contributed by atoms with Crippen molar-refractivity contribution in [1.29, 1.82) is 0 Å². The highest BCUT2D eigenvalue weighted by atomic mass is 35.5. The van der Waals surface area contributed by atoms with Gasteiger partial charge in [-0.05, 0) is 49.9 Å². The highest BCUT2D eigenvalue weighted by Gasteiger charge is 2.30. The van der Waals surface area contributed by atoms with Gasteiger partial charge in [0.2, 0.25) is 21.8 Å². The van der Waals surface area contributed by atoms with Crippen LogP contribution < -0.4 is 14.4 Å². The van der Waals surface area contributed by atoms with Crippen molar-refractivity contribution < 1.29 is 22.7 Å². The highest BCUT2D eigenvalue weighted by molar-refractivity contribution is 7.92. The van der Waals surface area contributed by atoms with Gasteiger partial charge < -0.3 is 15.0 Å². The molecule has 1 N–H and O–H groups in total. The molecule has 0 radical (unpaired) electrons. The summed E-state index contributed by atoms with van der Waals surface area (Å²) in [6, 6.07) is 13.3. The van der Waals surface area contributed by atoms with Gasteiger partial charge in [-0.2, -0.15) is 0 Å². The van der Waals surface area contributed by atoms with E-state index in [1.807, 2.05) is 39.0 Å². The van der Waals surface area contributed by atoms with Crippen LogP contribution in [-0.2, 0) is 26.2 Å². The van der Waals surface area contributed by atoms with Crippen LogP contribution >= 0.6 is 11.6 Å². The molecule has 10 heteroatoms. The van der Waals surface area contributed by atoms with Gasteiger partial charge in [-0.1, -0.05) is 49.7 Å². The number of methoxy groups -OCH3 is 1. The Morgan fingerprint density at radius 1 is 1.08 bits per heavy atom. The first kappa shape index (κ1) is 30.4. The van der Waals surface area contributed by atoms with E-state index in [1.54, 1.807) is 35.2 Å². The van der Waals surface area contributed by atoms with Crippen molar-refractivity contribution in [1.82, 2.24) is 10.2 Å². The van der Waals surface area contributed by atoms with Gasteiger partial charge in [0, 0.05) is 36.6 Å². The number of hydrogen-bond donors (Lipinski definition) is 1. The van der Waals surface area contributed by atoms with Crippen molar-refractivity contribution in [3.8, 4) is 5.75 Å². The summed E-state index contributed by atoms with van der Waals surface area (Å²) in [6.45, 7) is 6.05. The Morgan fingerprint density at radius 3 is 2.38 bits per heavy atom. The van der Waals surface area contributed by atoms with Gasteiger partial charge in [0.05, 0.1) is 19.1 Å². The second-order valence-corrected chi connectivity index (χ2v) is 11.3. The van der Waals surface area contributed by atoms with Crippen molar-refractivity contribution in [3.63, 3.8) is 0 Å². The lowest BCUT2D eigenvalue weighted by Crippen LogP contribution is -2.50. The Morgan fingerprint density at radius 2 is 1.78 bits per heavy atom. The summed E-state index contributed by atoms with van der Waals surface area (Å²) < 4.78 is 31.5. The zero-order chi connectivity index (χ0) is 27.6. The van der Waals surface area contributed by atoms with Gasteiger partial charge in [-0.25, -0.2) is 8.42 Å². The number of halogens is 1. The summed E-state index contributed by atoms with van der Waals surface area (Å²) in [4.78, 5) is 28.1. The SMILES string of the molecule is CC[C@@H](C)NC(=O)[C@H](CC)N(Cc1ccccc1Cl)C(=O)CCCN(c1cccc(OC)c1)S(C)(=O)=O. The number of nitrogens with zero attached hydrogens (tertiary/aromatic N) is 2. The number of carbonyl (C=O) groups excluding carboxylic acids is 2. The third-order valence-electron chi connectivity index (χ3n) is 6.18. The van der Waals surface area contributed by atoms with Crippen LogP contribution in [0, 0.1) is 0 Å². The lowest BCUT2D eigenvalue weighted by molar-refractivity contribution is -0.141. The minimum Gasteiger partial charge on any atom is -0.497 e. The maximum Gasteiger partial charge on any atom is 0.243 e. The summed E-state index contributed by atoms with van der Waals surface area (Å²) in [6.07, 6.45) is 2.66. The number of rotatable bonds is 14. The van der Waals surface area contributed by atoms with Crippen molar-refractivity contribution in [3.05, 3.63) is 59.1 Å². The van der Waals surface area contributed by atoms with Gasteiger partial charge in [-0.3, -0.25) is 13.9 Å². The number of benzene rings is 2. The molecule has 2 aromatic carbocycles. The van der Waals surface area contributed by atoms with E-state index < -0.39 is 16.1 Å². The molecule has 2 amide bonds. The molecule has 0 saturated carbocycles. The zero-order valence-corrected chi connectivity index (χ0v) is 23.8. The fourth-order valence-corrected chi connectivity index (χ4v) is 5.09. The van der Waals surface area contributed by atoms with Crippen molar-refractivity contribution >= 4 is 39.1 Å². The fourth-order valence-electron chi connectivity index (χ4n) is 3.94. The van der Waals surface area contributed by atoms with Crippen molar-refractivity contribution in [2.24, 2.45) is 0 Å². The molecule has 0 bridgehead atoms. The first-order valence-electron chi connectivity index (χ1n) is 12.5. The van der Waals surface area contributed by atoms with Crippen molar-refractivity contribution in [2.45, 2.75) is 65.1 Å². The number of nitrogens with one attached hydrogen (secondary N) is 1. The second-order valence-electron chi connectivity index (χ2n) is 9.00. The van der Waals surface area contributed by atoms with E-state index in [2.05, 4.69) is 5.32 Å². The molecule has 0 unspecified atom stereocenters. The van der Waals surface area contributed by atoms with E-state index in [4.69, 9.17) is 16.3 Å². The quantitative estimate of drug-likeness (QED) is 0.370. The van der Waals surface area contributed by atoms with E-state index in [9.17, 15) is 18.0 Å². The maximum absolute atomic E-state index is 13.5. The summed E-state index contributed by atoms with van der Waals surface area (Å²) in [5.74, 6) is 0.0720. The van der Waals surface area contributed by atoms with Crippen LogP contribution in [0.25, 0.3) is 0 Å². The van der Waals surface area contributed by atoms with Crippen LogP contribution in [0.1, 0.15) is 52.0 Å². The third-order valence-corrected chi connectivity index (χ3v) is 7.74. The van der Waals surface area contributed by atoms with Crippen LogP contribution in [0.15, 0.2) is 48.5 Å². The number of ether oxygens (including phenoxy) is 1. The molecule has 2 aromatic rings. The number of sulfonamides is 1. The maximum atomic E-state index is 13.5. The molecule has 2 atom stereocenters. The lowest BCUT2D eigenvalue weighted by Gasteiger charge is -2.32. The molecule has 37 heavy (non-hydrogen) atoms. The van der Waals surface area contributed by atoms with Gasteiger partial charge in [0.1, 0.15) is 11.8 Å². The van der Waals surface area contributed by atoms with Crippen LogP contribution in [0.4, 0.5) is 5.69 Å². The number of amides is 2. The second kappa shape index (κ2) is 14.2. The predicted molar refractivity (Wildman–Crippen MR) is 148 cm³/mol. The average Bonchev–Trinajstić information content (AvgIpc) is 2.86. The van der Waals surface area contributed by atoms with Crippen LogP contribution in [0.2, 0.25) is 5.02 Å². The molecule has 204 valence electrons. The third kappa shape index (κ3) is 8.93. The Bertz CT molecular complexity index is 1160. The minimum absolute atomic E-state index is 0.0231. The van der Waals surface area contributed by atoms with E-state index in [1.165, 1.54) is 11.4 Å². The van der Waals surface area contributed by atoms with E-state index in [0.717, 1.165) is 18.2 Å². The predicted octanol–water partition coefficient (Wildman–Crippen LogP) is 4.62. The molecule has 0 spiro atoms. The summed E-state index contributed by atoms with van der Waals surface area (Å²) in [5.41, 5.74) is 1.20. The smallest absolute Gasteiger partial charge is 0.243 e. The van der Waals surface area contributed by atoms with E-state index in [-0.39, 0.29) is 43.8 Å². The number of carbonyl (C=O) groups is 2. The van der Waals surface area contributed by atoms with Crippen LogP contribution in [-0.4, -0.2) is 57.1 Å². The monoisotopic (exact) mass is 551 g/mol. The molecule has 8 nitrogen and oxygen atoms in total. The lowest BCUT2D eigenvalue weighted by atomic mass is 10.1. The van der Waals surface area contributed by atoms with Gasteiger partial charge in [-0.15, -0.1) is 0 Å². The summed E-state index contributed by atoms with van der Waals surface area (Å²) in [5, 5.41) is 3.49. The minimum atomic E-state index is -3.59. The van der Waals surface area contributed by atoms with Crippen LogP contribution in [0.5, 0.6) is 5.75 Å². The summed E-state index contributed by atoms with van der Waals surface area (Å²) >= 11 is 6.37. The normalized spacial score (nSPS) is 12.9. The van der Waals surface area contributed by atoms with E-state index >= 15 is 0 Å². The molecule has 0 aliphatic heterocycles. The first-order valence-corrected chi connectivity index (χ1v) is 14.7. The average molecular weight is 552 g/mol. The Hall–Kier alpha value is -2.78. The zero-order valence-electron chi connectivity index (χ0n) is 22.2. The molecule has 0 fully saturated rings. The molecule has 0 saturated heterocycles. The largest absolute Gasteiger partial charge is 0.497 e. The van der Waals surface area contributed by atoms with Gasteiger partial charge >= 0.3 is 0 Å².